The molecule has 1 aromatic carbocycles. The number of nitrogens with one attached hydrogen (secondary N) is 1. The van der Waals surface area contributed by atoms with Crippen molar-refractivity contribution >= 4 is 0 Å². The smallest absolute Gasteiger partial charge is 0.123 e. The van der Waals surface area contributed by atoms with E-state index in [4.69, 9.17) is 4.74 Å². The molecule has 3 nitrogen and oxygen atoms in total. The third-order valence-corrected chi connectivity index (χ3v) is 4.67. The van der Waals surface area contributed by atoms with Gasteiger partial charge in [-0.05, 0) is 48.9 Å². The Morgan fingerprint density at radius 2 is 2.14 bits per heavy atom. The second-order valence-corrected chi connectivity index (χ2v) is 7.43. The quantitative estimate of drug-likeness (QED) is 0.870. The van der Waals surface area contributed by atoms with E-state index in [2.05, 4.69) is 42.3 Å². The third-order valence-electron chi connectivity index (χ3n) is 4.67. The van der Waals surface area contributed by atoms with Crippen molar-refractivity contribution in [3.63, 3.8) is 0 Å². The first-order valence-corrected chi connectivity index (χ1v) is 8.17. The first-order chi connectivity index (χ1) is 10.1. The average molecular weight is 288 g/mol. The van der Waals surface area contributed by atoms with Crippen LogP contribution in [0.3, 0.4) is 0 Å². The molecular weight excluding hydrogens is 260 g/mol. The van der Waals surface area contributed by atoms with Crippen LogP contribution in [0.25, 0.3) is 0 Å². The Balaban J connectivity index is 1.67. The lowest BCUT2D eigenvalue weighted by atomic mass is 9.93. The van der Waals surface area contributed by atoms with Crippen LogP contribution in [0.15, 0.2) is 18.2 Å². The van der Waals surface area contributed by atoms with Crippen LogP contribution in [0, 0.1) is 5.41 Å². The van der Waals surface area contributed by atoms with E-state index >= 15 is 0 Å². The molecule has 0 radical (unpaired) electrons. The standard InChI is InChI=1S/C18H28N2O/c1-18(2)8-9-20(13-18)12-15-10-14(4-7-17(15)21-3)11-19-16-5-6-16/h4,7,10,16,19H,5-6,8-9,11-13H2,1-3H3. The summed E-state index contributed by atoms with van der Waals surface area (Å²) in [5.74, 6) is 1.02. The summed E-state index contributed by atoms with van der Waals surface area (Å²) in [6, 6.07) is 7.39. The van der Waals surface area contributed by atoms with Crippen molar-refractivity contribution < 1.29 is 4.74 Å². The van der Waals surface area contributed by atoms with E-state index in [1.165, 1.54) is 43.5 Å². The van der Waals surface area contributed by atoms with Crippen LogP contribution in [0.4, 0.5) is 0 Å². The molecule has 1 N–H and O–H groups in total. The molecule has 21 heavy (non-hydrogen) atoms. The van der Waals surface area contributed by atoms with E-state index in [1.54, 1.807) is 7.11 Å². The molecule has 1 heterocycles. The predicted molar refractivity (Wildman–Crippen MR) is 86.5 cm³/mol. The highest BCUT2D eigenvalue weighted by atomic mass is 16.5. The summed E-state index contributed by atoms with van der Waals surface area (Å²) in [5.41, 5.74) is 3.15. The van der Waals surface area contributed by atoms with Gasteiger partial charge in [0.1, 0.15) is 5.75 Å². The van der Waals surface area contributed by atoms with E-state index in [0.717, 1.165) is 24.9 Å². The highest BCUT2D eigenvalue weighted by Gasteiger charge is 2.29. The Morgan fingerprint density at radius 3 is 2.76 bits per heavy atom. The molecule has 0 atom stereocenters. The number of nitrogens with zero attached hydrogens (tertiary/aromatic N) is 1. The van der Waals surface area contributed by atoms with Gasteiger partial charge in [-0.1, -0.05) is 19.9 Å². The van der Waals surface area contributed by atoms with E-state index in [1.807, 2.05) is 0 Å². The van der Waals surface area contributed by atoms with Crippen LogP contribution < -0.4 is 10.1 Å². The summed E-state index contributed by atoms with van der Waals surface area (Å²) in [7, 11) is 1.77. The van der Waals surface area contributed by atoms with Gasteiger partial charge >= 0.3 is 0 Å². The van der Waals surface area contributed by atoms with Crippen LogP contribution in [-0.4, -0.2) is 31.1 Å². The van der Waals surface area contributed by atoms with Crippen LogP contribution in [0.5, 0.6) is 5.75 Å². The molecule has 2 aliphatic rings. The fourth-order valence-electron chi connectivity index (χ4n) is 3.22. The second kappa shape index (κ2) is 5.98. The fourth-order valence-corrected chi connectivity index (χ4v) is 3.22. The minimum atomic E-state index is 0.457. The van der Waals surface area contributed by atoms with E-state index < -0.39 is 0 Å². The van der Waals surface area contributed by atoms with Crippen molar-refractivity contribution in [3.05, 3.63) is 29.3 Å². The van der Waals surface area contributed by atoms with Gasteiger partial charge in [-0.2, -0.15) is 0 Å². The zero-order valence-corrected chi connectivity index (χ0v) is 13.6. The van der Waals surface area contributed by atoms with Gasteiger partial charge in [-0.3, -0.25) is 4.90 Å². The number of benzene rings is 1. The maximum absolute atomic E-state index is 5.55. The molecule has 0 bridgehead atoms. The van der Waals surface area contributed by atoms with Crippen molar-refractivity contribution in [3.8, 4) is 5.75 Å². The van der Waals surface area contributed by atoms with Gasteiger partial charge in [0, 0.05) is 31.2 Å². The van der Waals surface area contributed by atoms with E-state index in [0.29, 0.717) is 5.41 Å². The summed E-state index contributed by atoms with van der Waals surface area (Å²) in [6.07, 6.45) is 3.97. The van der Waals surface area contributed by atoms with E-state index in [-0.39, 0.29) is 0 Å². The van der Waals surface area contributed by atoms with Crippen molar-refractivity contribution in [2.45, 2.75) is 52.2 Å². The van der Waals surface area contributed by atoms with Crippen molar-refractivity contribution in [1.29, 1.82) is 0 Å². The SMILES string of the molecule is COc1ccc(CNC2CC2)cc1CN1CCC(C)(C)C1. The second-order valence-electron chi connectivity index (χ2n) is 7.43. The molecule has 0 amide bonds. The molecule has 0 unspecified atom stereocenters. The molecule has 116 valence electrons. The van der Waals surface area contributed by atoms with Crippen molar-refractivity contribution in [1.82, 2.24) is 10.2 Å². The Bertz CT molecular complexity index is 494. The average Bonchev–Trinajstić information content (AvgIpc) is 3.21. The molecule has 0 aromatic heterocycles. The van der Waals surface area contributed by atoms with Gasteiger partial charge in [-0.15, -0.1) is 0 Å². The number of ether oxygens (including phenoxy) is 1. The summed E-state index contributed by atoms with van der Waals surface area (Å²) >= 11 is 0. The number of likely N-dealkylation sites (tertiary alicyclic amines) is 1. The minimum Gasteiger partial charge on any atom is -0.496 e. The molecule has 1 saturated heterocycles. The summed E-state index contributed by atoms with van der Waals surface area (Å²) in [4.78, 5) is 2.55. The Labute approximate surface area is 128 Å². The number of rotatable bonds is 6. The first kappa shape index (κ1) is 14.9. The van der Waals surface area contributed by atoms with E-state index in [9.17, 15) is 0 Å². The van der Waals surface area contributed by atoms with Gasteiger partial charge in [-0.25, -0.2) is 0 Å². The molecule has 3 rings (SSSR count). The number of hydrogen-bond acceptors (Lipinski definition) is 3. The van der Waals surface area contributed by atoms with Crippen LogP contribution in [0.1, 0.15) is 44.2 Å². The molecule has 3 heteroatoms. The minimum absolute atomic E-state index is 0.457. The summed E-state index contributed by atoms with van der Waals surface area (Å²) in [5, 5.41) is 3.59. The van der Waals surface area contributed by atoms with Gasteiger partial charge in [0.05, 0.1) is 7.11 Å². The molecule has 1 saturated carbocycles. The Kier molecular flexibility index (Phi) is 4.23. The first-order valence-electron chi connectivity index (χ1n) is 8.17. The van der Waals surface area contributed by atoms with Gasteiger partial charge in [0.15, 0.2) is 0 Å². The fraction of sp³-hybridized carbons (Fsp3) is 0.667. The monoisotopic (exact) mass is 288 g/mol. The maximum atomic E-state index is 5.55. The lowest BCUT2D eigenvalue weighted by Crippen LogP contribution is -2.23. The van der Waals surface area contributed by atoms with Gasteiger partial charge in [0.25, 0.3) is 0 Å². The van der Waals surface area contributed by atoms with Crippen LogP contribution in [0.2, 0.25) is 0 Å². The van der Waals surface area contributed by atoms with Crippen molar-refractivity contribution in [2.75, 3.05) is 20.2 Å². The molecular formula is C18H28N2O. The number of hydrogen-bond donors (Lipinski definition) is 1. The molecule has 1 aliphatic carbocycles. The topological polar surface area (TPSA) is 24.5 Å². The summed E-state index contributed by atoms with van der Waals surface area (Å²) < 4.78 is 5.55. The van der Waals surface area contributed by atoms with Crippen molar-refractivity contribution in [2.24, 2.45) is 5.41 Å². The van der Waals surface area contributed by atoms with Crippen LogP contribution >= 0.6 is 0 Å². The Morgan fingerprint density at radius 1 is 1.33 bits per heavy atom. The summed E-state index contributed by atoms with van der Waals surface area (Å²) in [6.45, 7) is 9.08. The van der Waals surface area contributed by atoms with Gasteiger partial charge < -0.3 is 10.1 Å². The van der Waals surface area contributed by atoms with Gasteiger partial charge in [0.2, 0.25) is 0 Å². The predicted octanol–water partition coefficient (Wildman–Crippen LogP) is 3.18. The third kappa shape index (κ3) is 3.98. The zero-order chi connectivity index (χ0) is 14.9. The zero-order valence-electron chi connectivity index (χ0n) is 13.6. The van der Waals surface area contributed by atoms with Crippen LogP contribution in [-0.2, 0) is 13.1 Å². The molecule has 1 aliphatic heterocycles. The largest absolute Gasteiger partial charge is 0.496 e. The molecule has 2 fully saturated rings. The highest BCUT2D eigenvalue weighted by Crippen LogP contribution is 2.31. The molecule has 0 spiro atoms. The lowest BCUT2D eigenvalue weighted by molar-refractivity contribution is 0.279. The maximum Gasteiger partial charge on any atom is 0.123 e. The normalized spacial score (nSPS) is 21.7. The Hall–Kier alpha value is -1.06. The highest BCUT2D eigenvalue weighted by molar-refractivity contribution is 5.37. The lowest BCUT2D eigenvalue weighted by Gasteiger charge is -2.21. The number of methoxy groups -OCH3 is 1. The molecule has 1 aromatic rings.